The lowest BCUT2D eigenvalue weighted by molar-refractivity contribution is 0.591. The number of hydrogen-bond acceptors (Lipinski definition) is 2. The van der Waals surface area contributed by atoms with Gasteiger partial charge >= 0.3 is 0 Å². The number of fused-ring (bicyclic) bond motifs is 11. The largest absolute Gasteiger partial charge is 0.247 e. The maximum atomic E-state index is 5.81. The number of nitrogens with zero attached hydrogens (tertiary/aromatic N) is 2. The highest BCUT2D eigenvalue weighted by Gasteiger charge is 2.40. The van der Waals surface area contributed by atoms with Crippen molar-refractivity contribution in [1.82, 2.24) is 9.97 Å². The minimum Gasteiger partial charge on any atom is -0.247 e. The molecule has 0 saturated carbocycles. The Kier molecular flexibility index (Phi) is 6.75. The Bertz CT molecular complexity index is 3930. The van der Waals surface area contributed by atoms with Crippen molar-refractivity contribution >= 4 is 53.9 Å². The van der Waals surface area contributed by atoms with Crippen molar-refractivity contribution in [1.29, 1.82) is 0 Å². The van der Waals surface area contributed by atoms with Gasteiger partial charge in [0.1, 0.15) is 0 Å². The summed E-state index contributed by atoms with van der Waals surface area (Å²) in [4.78, 5) is 11.6. The molecule has 0 fully saturated rings. The molecule has 0 saturated heterocycles. The van der Waals surface area contributed by atoms with E-state index in [1.165, 1.54) is 126 Å². The fourth-order valence-electron chi connectivity index (χ4n) is 12.4. The molecule has 3 aliphatic carbocycles. The first-order valence-corrected chi connectivity index (χ1v) is 22.9. The fourth-order valence-corrected chi connectivity index (χ4v) is 12.4. The lowest BCUT2D eigenvalue weighted by atomic mass is 9.81. The van der Waals surface area contributed by atoms with Gasteiger partial charge in [0.2, 0.25) is 0 Å². The molecule has 0 spiro atoms. The fraction of sp³-hybridized carbons (Fsp3) is 0.161. The van der Waals surface area contributed by atoms with Crippen LogP contribution >= 0.6 is 0 Å². The third kappa shape index (κ3) is 4.51. The van der Waals surface area contributed by atoms with Crippen LogP contribution in [-0.4, -0.2) is 9.97 Å². The Morgan fingerprint density at radius 2 is 0.859 bits per heavy atom. The molecule has 0 radical (unpaired) electrons. The number of pyridine rings is 2. The van der Waals surface area contributed by atoms with Crippen LogP contribution in [0.2, 0.25) is 0 Å². The molecule has 11 aromatic rings. The van der Waals surface area contributed by atoms with Gasteiger partial charge in [-0.15, -0.1) is 0 Å². The maximum Gasteiger partial charge on any atom is 0.0753 e. The molecule has 14 rings (SSSR count). The molecule has 2 aromatic heterocycles. The summed E-state index contributed by atoms with van der Waals surface area (Å²) >= 11 is 0. The van der Waals surface area contributed by atoms with Gasteiger partial charge in [-0.3, -0.25) is 0 Å². The molecule has 0 bridgehead atoms. The van der Waals surface area contributed by atoms with Crippen molar-refractivity contribution in [3.8, 4) is 67.3 Å². The van der Waals surface area contributed by atoms with Gasteiger partial charge in [-0.2, -0.15) is 0 Å². The van der Waals surface area contributed by atoms with Crippen LogP contribution in [0.15, 0.2) is 152 Å². The summed E-state index contributed by atoms with van der Waals surface area (Å²) in [7, 11) is 0. The zero-order valence-corrected chi connectivity index (χ0v) is 37.3. The second-order valence-corrected chi connectivity index (χ2v) is 20.9. The summed E-state index contributed by atoms with van der Waals surface area (Å²) in [6.45, 7) is 16.4. The van der Waals surface area contributed by atoms with Crippen molar-refractivity contribution in [2.45, 2.75) is 64.7 Å². The highest BCUT2D eigenvalue weighted by Crippen LogP contribution is 2.61. The van der Waals surface area contributed by atoms with Crippen molar-refractivity contribution in [3.63, 3.8) is 0 Å². The van der Waals surface area contributed by atoms with Crippen molar-refractivity contribution in [2.24, 2.45) is 0 Å². The molecule has 0 amide bonds. The van der Waals surface area contributed by atoms with Crippen LogP contribution < -0.4 is 0 Å². The van der Waals surface area contributed by atoms with E-state index in [0.717, 1.165) is 22.8 Å². The van der Waals surface area contributed by atoms with Gasteiger partial charge in [0, 0.05) is 44.2 Å². The molecule has 3 aliphatic rings. The molecule has 2 nitrogen and oxygen atoms in total. The number of benzene rings is 9. The highest BCUT2D eigenvalue weighted by atomic mass is 14.8. The van der Waals surface area contributed by atoms with E-state index in [-0.39, 0.29) is 16.2 Å². The molecule has 0 atom stereocenters. The normalized spacial score (nSPS) is 15.0. The predicted molar refractivity (Wildman–Crippen MR) is 270 cm³/mol. The maximum absolute atomic E-state index is 5.81. The van der Waals surface area contributed by atoms with Gasteiger partial charge in [-0.25, -0.2) is 9.97 Å². The van der Waals surface area contributed by atoms with Gasteiger partial charge in [0.15, 0.2) is 0 Å². The molecule has 2 heterocycles. The van der Waals surface area contributed by atoms with Gasteiger partial charge in [0.25, 0.3) is 0 Å². The van der Waals surface area contributed by atoms with Gasteiger partial charge < -0.3 is 0 Å². The predicted octanol–water partition coefficient (Wildman–Crippen LogP) is 16.6. The first kappa shape index (κ1) is 36.3. The molecule has 2 heteroatoms. The zero-order chi connectivity index (χ0) is 43.2. The van der Waals surface area contributed by atoms with Crippen LogP contribution in [-0.2, 0) is 16.2 Å². The average Bonchev–Trinajstić information content (AvgIpc) is 3.83. The van der Waals surface area contributed by atoms with Crippen molar-refractivity contribution < 1.29 is 0 Å². The smallest absolute Gasteiger partial charge is 0.0753 e. The lowest BCUT2D eigenvalue weighted by Crippen LogP contribution is -2.15. The summed E-state index contributed by atoms with van der Waals surface area (Å²) in [6.07, 6.45) is 0. The van der Waals surface area contributed by atoms with Crippen LogP contribution in [0.3, 0.4) is 0 Å². The molecular weight excluding hydrogens is 773 g/mol. The minimum absolute atomic E-state index is 0.00568. The van der Waals surface area contributed by atoms with Crippen LogP contribution in [0.1, 0.15) is 76.3 Å². The first-order valence-electron chi connectivity index (χ1n) is 22.9. The van der Waals surface area contributed by atoms with Crippen molar-refractivity contribution in [2.75, 3.05) is 0 Å². The van der Waals surface area contributed by atoms with Crippen molar-refractivity contribution in [3.05, 3.63) is 179 Å². The highest BCUT2D eigenvalue weighted by molar-refractivity contribution is 6.36. The Morgan fingerprint density at radius 1 is 0.359 bits per heavy atom. The molecule has 64 heavy (non-hydrogen) atoms. The second kappa shape index (κ2) is 11.9. The van der Waals surface area contributed by atoms with Crippen LogP contribution in [0.5, 0.6) is 0 Å². The Morgan fingerprint density at radius 3 is 1.44 bits per heavy atom. The summed E-state index contributed by atoms with van der Waals surface area (Å²) in [5.41, 5.74) is 20.4. The standard InChI is InChI=1S/C62H46N2/c1-60(2,3)38-28-36-21-20-33-22-23-41-53-44(32-37(29-38)51(36)52(33)53)57-55(50-27-25-48-59(64-50)40-17-11-13-19-46(40)62(48,6)7)43-31-35-15-9-8-14-34(35)30-42(43)54(56(41)57)49-26-24-47-58(63-49)39-16-10-12-18-45(39)61(47,4)5/h8-32H,1-7H3. The van der Waals surface area contributed by atoms with Gasteiger partial charge in [-0.05, 0) is 129 Å². The summed E-state index contributed by atoms with van der Waals surface area (Å²) in [5.74, 6) is 0. The van der Waals surface area contributed by atoms with Gasteiger partial charge in [0.05, 0.1) is 22.8 Å². The van der Waals surface area contributed by atoms with Gasteiger partial charge in [-0.1, -0.05) is 170 Å². The SMILES string of the molecule is CC(C)(C)c1cc2ccc3ccc4c5c(cc(c1)c2c35)-c1c-4c(-c2ccc3c(n2)-c2ccccc2C3(C)C)c2cc3ccccc3cc2c1-c1ccc2c(n1)-c1ccccc1C2(C)C. The third-order valence-electron chi connectivity index (χ3n) is 15.6. The van der Waals surface area contributed by atoms with E-state index in [9.17, 15) is 0 Å². The minimum atomic E-state index is -0.144. The second-order valence-electron chi connectivity index (χ2n) is 20.9. The molecule has 304 valence electrons. The molecular formula is C62H46N2. The molecule has 0 unspecified atom stereocenters. The van der Waals surface area contributed by atoms with Crippen LogP contribution in [0.4, 0.5) is 0 Å². The number of aromatic nitrogens is 2. The first-order chi connectivity index (χ1) is 30.9. The molecule has 0 aliphatic heterocycles. The number of rotatable bonds is 2. The average molecular weight is 819 g/mol. The van der Waals surface area contributed by atoms with E-state index in [2.05, 4.69) is 200 Å². The quantitative estimate of drug-likeness (QED) is 0.128. The molecule has 9 aromatic carbocycles. The van der Waals surface area contributed by atoms with Crippen LogP contribution in [0, 0.1) is 0 Å². The lowest BCUT2D eigenvalue weighted by Gasteiger charge is -2.23. The Balaban J connectivity index is 1.18. The monoisotopic (exact) mass is 818 g/mol. The zero-order valence-electron chi connectivity index (χ0n) is 37.3. The third-order valence-corrected chi connectivity index (χ3v) is 15.6. The van der Waals surface area contributed by atoms with E-state index < -0.39 is 0 Å². The molecule has 0 N–H and O–H groups in total. The Hall–Kier alpha value is -7.16. The number of hydrogen-bond donors (Lipinski definition) is 0. The van der Waals surface area contributed by atoms with E-state index in [1.54, 1.807) is 0 Å². The van der Waals surface area contributed by atoms with E-state index in [0.29, 0.717) is 0 Å². The van der Waals surface area contributed by atoms with E-state index >= 15 is 0 Å². The summed E-state index contributed by atoms with van der Waals surface area (Å²) in [5, 5.41) is 12.7. The van der Waals surface area contributed by atoms with E-state index in [4.69, 9.17) is 9.97 Å². The van der Waals surface area contributed by atoms with Crippen LogP contribution in [0.25, 0.3) is 121 Å². The topological polar surface area (TPSA) is 25.8 Å². The summed E-state index contributed by atoms with van der Waals surface area (Å²) in [6, 6.07) is 57.7. The Labute approximate surface area is 373 Å². The van der Waals surface area contributed by atoms with E-state index in [1.807, 2.05) is 0 Å². The summed E-state index contributed by atoms with van der Waals surface area (Å²) < 4.78 is 0.